The van der Waals surface area contributed by atoms with E-state index in [0.717, 1.165) is 30.8 Å². The van der Waals surface area contributed by atoms with Gasteiger partial charge in [-0.25, -0.2) is 14.5 Å². The number of aryl methyl sites for hydroxylation is 1. The number of fused-ring (bicyclic) bond motifs is 1. The van der Waals surface area contributed by atoms with Gasteiger partial charge >= 0.3 is 5.97 Å². The molecule has 0 saturated heterocycles. The van der Waals surface area contributed by atoms with Gasteiger partial charge in [0.15, 0.2) is 5.82 Å². The summed E-state index contributed by atoms with van der Waals surface area (Å²) in [5.41, 5.74) is 1.14. The van der Waals surface area contributed by atoms with Crippen molar-refractivity contribution < 1.29 is 9.90 Å². The Balaban J connectivity index is 1.96. The van der Waals surface area contributed by atoms with Gasteiger partial charge < -0.3 is 5.11 Å². The van der Waals surface area contributed by atoms with E-state index in [4.69, 9.17) is 5.11 Å². The highest BCUT2D eigenvalue weighted by atomic mass is 16.4. The Hall–Kier alpha value is -2.17. The third-order valence-corrected chi connectivity index (χ3v) is 3.54. The average molecular weight is 257 g/mol. The fourth-order valence-electron chi connectivity index (χ4n) is 2.44. The van der Waals surface area contributed by atoms with Gasteiger partial charge in [-0.05, 0) is 25.0 Å². The smallest absolute Gasteiger partial charge is 0.335 e. The van der Waals surface area contributed by atoms with Crippen LogP contribution < -0.4 is 0 Å². The molecule has 2 aromatic rings. The van der Waals surface area contributed by atoms with Crippen molar-refractivity contribution >= 4 is 5.97 Å². The van der Waals surface area contributed by atoms with Crippen molar-refractivity contribution in [1.29, 1.82) is 0 Å². The molecule has 0 spiro atoms. The number of carboxylic acid groups (broad SMARTS) is 1. The first-order valence-corrected chi connectivity index (χ1v) is 6.43. The summed E-state index contributed by atoms with van der Waals surface area (Å²) in [5, 5.41) is 13.4. The van der Waals surface area contributed by atoms with Crippen LogP contribution in [0.2, 0.25) is 0 Å². The molecular formula is C14H15N3O2. The largest absolute Gasteiger partial charge is 0.478 e. The SMILES string of the molecule is CC1CCCn2nc(-c3ccc(C(=O)O)cc3)nc21. The van der Waals surface area contributed by atoms with E-state index in [-0.39, 0.29) is 5.56 Å². The molecule has 1 aromatic heterocycles. The lowest BCUT2D eigenvalue weighted by Crippen LogP contribution is -2.14. The van der Waals surface area contributed by atoms with Crippen molar-refractivity contribution in [1.82, 2.24) is 14.8 Å². The zero-order valence-corrected chi connectivity index (χ0v) is 10.7. The number of hydrogen-bond donors (Lipinski definition) is 1. The van der Waals surface area contributed by atoms with E-state index in [9.17, 15) is 4.79 Å². The van der Waals surface area contributed by atoms with E-state index in [2.05, 4.69) is 17.0 Å². The van der Waals surface area contributed by atoms with Crippen LogP contribution in [0.15, 0.2) is 24.3 Å². The first kappa shape index (κ1) is 11.9. The molecule has 0 saturated carbocycles. The van der Waals surface area contributed by atoms with Crippen molar-refractivity contribution in [3.8, 4) is 11.4 Å². The number of aromatic carboxylic acids is 1. The summed E-state index contributed by atoms with van der Waals surface area (Å²) in [4.78, 5) is 15.4. The summed E-state index contributed by atoms with van der Waals surface area (Å²) in [5.74, 6) is 1.23. The van der Waals surface area contributed by atoms with Crippen molar-refractivity contribution in [3.63, 3.8) is 0 Å². The predicted molar refractivity (Wildman–Crippen MR) is 70.1 cm³/mol. The third-order valence-electron chi connectivity index (χ3n) is 3.54. The Bertz CT molecular complexity index is 616. The Labute approximate surface area is 110 Å². The van der Waals surface area contributed by atoms with E-state index in [1.807, 2.05) is 4.68 Å². The second kappa shape index (κ2) is 4.50. The van der Waals surface area contributed by atoms with Crippen LogP contribution in [0.4, 0.5) is 0 Å². The van der Waals surface area contributed by atoms with Crippen LogP contribution in [0.5, 0.6) is 0 Å². The molecule has 1 aliphatic heterocycles. The summed E-state index contributed by atoms with van der Waals surface area (Å²) in [7, 11) is 0. The second-order valence-electron chi connectivity index (χ2n) is 4.94. The summed E-state index contributed by atoms with van der Waals surface area (Å²) in [6, 6.07) is 6.69. The Morgan fingerprint density at radius 1 is 1.37 bits per heavy atom. The molecule has 3 rings (SSSR count). The molecule has 0 amide bonds. The monoisotopic (exact) mass is 257 g/mol. The van der Waals surface area contributed by atoms with Gasteiger partial charge in [-0.15, -0.1) is 0 Å². The minimum Gasteiger partial charge on any atom is -0.478 e. The van der Waals surface area contributed by atoms with Gasteiger partial charge in [0.2, 0.25) is 0 Å². The standard InChI is InChI=1S/C14H15N3O2/c1-9-3-2-8-17-13(9)15-12(16-17)10-4-6-11(7-5-10)14(18)19/h4-7,9H,2-3,8H2,1H3,(H,18,19). The average Bonchev–Trinajstić information content (AvgIpc) is 2.84. The summed E-state index contributed by atoms with van der Waals surface area (Å²) >= 11 is 0. The van der Waals surface area contributed by atoms with Crippen LogP contribution in [-0.2, 0) is 6.54 Å². The molecule has 0 aliphatic carbocycles. The summed E-state index contributed by atoms with van der Waals surface area (Å²) < 4.78 is 1.97. The number of hydrogen-bond acceptors (Lipinski definition) is 3. The van der Waals surface area contributed by atoms with Crippen molar-refractivity contribution in [3.05, 3.63) is 35.7 Å². The highest BCUT2D eigenvalue weighted by Crippen LogP contribution is 2.27. The molecule has 98 valence electrons. The van der Waals surface area contributed by atoms with Gasteiger partial charge in [-0.3, -0.25) is 0 Å². The second-order valence-corrected chi connectivity index (χ2v) is 4.94. The van der Waals surface area contributed by atoms with Crippen LogP contribution in [0, 0.1) is 0 Å². The van der Waals surface area contributed by atoms with Crippen LogP contribution >= 0.6 is 0 Å². The molecule has 1 atom stereocenters. The van der Waals surface area contributed by atoms with E-state index in [0.29, 0.717) is 11.7 Å². The van der Waals surface area contributed by atoms with Gasteiger partial charge in [0.1, 0.15) is 5.82 Å². The Morgan fingerprint density at radius 2 is 2.11 bits per heavy atom. The first-order chi connectivity index (χ1) is 9.15. The normalized spacial score (nSPS) is 18.1. The maximum Gasteiger partial charge on any atom is 0.335 e. The van der Waals surface area contributed by atoms with Crippen LogP contribution in [0.3, 0.4) is 0 Å². The highest BCUT2D eigenvalue weighted by molar-refractivity contribution is 5.88. The zero-order chi connectivity index (χ0) is 13.4. The molecule has 1 N–H and O–H groups in total. The minimum absolute atomic E-state index is 0.279. The number of aromatic nitrogens is 3. The molecule has 0 bridgehead atoms. The molecule has 1 aliphatic rings. The molecule has 0 radical (unpaired) electrons. The van der Waals surface area contributed by atoms with E-state index in [1.165, 1.54) is 0 Å². The molecule has 1 aromatic carbocycles. The number of carbonyl (C=O) groups is 1. The van der Waals surface area contributed by atoms with Crippen LogP contribution in [-0.4, -0.2) is 25.8 Å². The summed E-state index contributed by atoms with van der Waals surface area (Å²) in [6.07, 6.45) is 2.28. The molecule has 5 heteroatoms. The number of carboxylic acids is 1. The van der Waals surface area contributed by atoms with Crippen molar-refractivity contribution in [2.24, 2.45) is 0 Å². The topological polar surface area (TPSA) is 68.0 Å². The molecule has 1 unspecified atom stereocenters. The lowest BCUT2D eigenvalue weighted by Gasteiger charge is -2.17. The molecule has 5 nitrogen and oxygen atoms in total. The number of rotatable bonds is 2. The van der Waals surface area contributed by atoms with Gasteiger partial charge in [-0.1, -0.05) is 19.1 Å². The number of nitrogens with zero attached hydrogens (tertiary/aromatic N) is 3. The Morgan fingerprint density at radius 3 is 2.74 bits per heavy atom. The van der Waals surface area contributed by atoms with Crippen molar-refractivity contribution in [2.75, 3.05) is 0 Å². The molecule has 19 heavy (non-hydrogen) atoms. The fourth-order valence-corrected chi connectivity index (χ4v) is 2.44. The van der Waals surface area contributed by atoms with E-state index < -0.39 is 5.97 Å². The maximum absolute atomic E-state index is 10.8. The van der Waals surface area contributed by atoms with Crippen molar-refractivity contribution in [2.45, 2.75) is 32.2 Å². The van der Waals surface area contributed by atoms with Gasteiger partial charge in [0, 0.05) is 18.0 Å². The lowest BCUT2D eigenvalue weighted by molar-refractivity contribution is 0.0697. The quantitative estimate of drug-likeness (QED) is 0.897. The minimum atomic E-state index is -0.919. The van der Waals surface area contributed by atoms with Crippen LogP contribution in [0.1, 0.15) is 41.9 Å². The predicted octanol–water partition coefficient (Wildman–Crippen LogP) is 2.54. The highest BCUT2D eigenvalue weighted by Gasteiger charge is 2.21. The van der Waals surface area contributed by atoms with Gasteiger partial charge in [0.05, 0.1) is 5.56 Å². The maximum atomic E-state index is 10.8. The molecular weight excluding hydrogens is 242 g/mol. The Kier molecular flexibility index (Phi) is 2.81. The fraction of sp³-hybridized carbons (Fsp3) is 0.357. The molecule has 0 fully saturated rings. The first-order valence-electron chi connectivity index (χ1n) is 6.43. The molecule has 2 heterocycles. The third kappa shape index (κ3) is 2.12. The zero-order valence-electron chi connectivity index (χ0n) is 10.7. The van der Waals surface area contributed by atoms with E-state index >= 15 is 0 Å². The van der Waals surface area contributed by atoms with Gasteiger partial charge in [0.25, 0.3) is 0 Å². The number of benzene rings is 1. The van der Waals surface area contributed by atoms with Crippen LogP contribution in [0.25, 0.3) is 11.4 Å². The van der Waals surface area contributed by atoms with Gasteiger partial charge in [-0.2, -0.15) is 5.10 Å². The lowest BCUT2D eigenvalue weighted by atomic mass is 10.0. The van der Waals surface area contributed by atoms with E-state index in [1.54, 1.807) is 24.3 Å². The summed E-state index contributed by atoms with van der Waals surface area (Å²) in [6.45, 7) is 3.08.